The number of halogens is 1. The Morgan fingerprint density at radius 2 is 1.78 bits per heavy atom. The van der Waals surface area contributed by atoms with Gasteiger partial charge in [0.25, 0.3) is 0 Å². The Morgan fingerprint density at radius 1 is 1.08 bits per heavy atom. The van der Waals surface area contributed by atoms with Crippen molar-refractivity contribution >= 4 is 50.7 Å². The lowest BCUT2D eigenvalue weighted by Gasteiger charge is -2.32. The van der Waals surface area contributed by atoms with Gasteiger partial charge in [0.2, 0.25) is 16.8 Å². The van der Waals surface area contributed by atoms with Crippen LogP contribution in [0.1, 0.15) is 45.2 Å². The first-order valence-corrected chi connectivity index (χ1v) is 14.4. The van der Waals surface area contributed by atoms with E-state index in [0.717, 1.165) is 30.1 Å². The quantitative estimate of drug-likeness (QED) is 0.325. The van der Waals surface area contributed by atoms with Gasteiger partial charge >= 0.3 is 0 Å². The molecule has 0 spiro atoms. The minimum absolute atomic E-state index is 0.0414. The van der Waals surface area contributed by atoms with E-state index in [0.29, 0.717) is 36.2 Å². The number of ether oxygens (including phenoxy) is 2. The highest BCUT2D eigenvalue weighted by Gasteiger charge is 2.34. The summed E-state index contributed by atoms with van der Waals surface area (Å²) >= 11 is 7.24. The summed E-state index contributed by atoms with van der Waals surface area (Å²) < 4.78 is 47.5. The molecule has 10 nitrogen and oxygen atoms in total. The zero-order valence-corrected chi connectivity index (χ0v) is 23.0. The standard InChI is InChI=1S/C24H28ClN5O5S2/c1-24(2,3)21(14-6-9-17-18(12-14)35-13-34-17)27-23-22(28-36-29-23)26-16-8-7-15(25)20(19(16)31)37(32,33)30-10-4-5-11-30/h6-9,12,21,31H,4-5,10-11,13H2,1-3H3,(H,26,28)(H,27,29)/t21-/m0/s1. The maximum atomic E-state index is 13.2. The minimum atomic E-state index is -3.95. The highest BCUT2D eigenvalue weighted by Crippen LogP contribution is 2.43. The molecule has 1 aromatic heterocycles. The Hall–Kier alpha value is -2.80. The second kappa shape index (κ2) is 9.82. The fraction of sp³-hybridized carbons (Fsp3) is 0.417. The second-order valence-corrected chi connectivity index (χ2v) is 12.8. The van der Waals surface area contributed by atoms with E-state index in [9.17, 15) is 13.5 Å². The summed E-state index contributed by atoms with van der Waals surface area (Å²) in [6.45, 7) is 7.28. The molecule has 3 N–H and O–H groups in total. The number of sulfonamides is 1. The zero-order valence-electron chi connectivity index (χ0n) is 20.6. The average molecular weight is 566 g/mol. The van der Waals surface area contributed by atoms with Crippen LogP contribution in [0.4, 0.5) is 17.3 Å². The lowest BCUT2D eigenvalue weighted by Crippen LogP contribution is -2.28. The van der Waals surface area contributed by atoms with E-state index in [2.05, 4.69) is 40.2 Å². The summed E-state index contributed by atoms with van der Waals surface area (Å²) in [5, 5.41) is 17.4. The molecule has 2 aromatic carbocycles. The lowest BCUT2D eigenvalue weighted by molar-refractivity contribution is 0.174. The van der Waals surface area contributed by atoms with Crippen molar-refractivity contribution in [3.05, 3.63) is 40.9 Å². The van der Waals surface area contributed by atoms with Gasteiger partial charge in [0.15, 0.2) is 28.9 Å². The van der Waals surface area contributed by atoms with Gasteiger partial charge in [-0.3, -0.25) is 0 Å². The maximum absolute atomic E-state index is 13.2. The third-order valence-corrected chi connectivity index (χ3v) is 9.29. The molecule has 0 bridgehead atoms. The molecule has 5 rings (SSSR count). The Labute approximate surface area is 224 Å². The summed E-state index contributed by atoms with van der Waals surface area (Å²) in [5.41, 5.74) is 0.908. The monoisotopic (exact) mass is 565 g/mol. The zero-order chi connectivity index (χ0) is 26.4. The molecular formula is C24H28ClN5O5S2. The van der Waals surface area contributed by atoms with E-state index >= 15 is 0 Å². The van der Waals surface area contributed by atoms with E-state index < -0.39 is 15.8 Å². The number of fused-ring (bicyclic) bond motifs is 1. The molecule has 1 saturated heterocycles. The number of hydrogen-bond acceptors (Lipinski definition) is 10. The molecule has 0 amide bonds. The Balaban J connectivity index is 1.44. The van der Waals surface area contributed by atoms with Gasteiger partial charge in [-0.15, -0.1) is 0 Å². The average Bonchev–Trinajstić information content (AvgIpc) is 3.60. The largest absolute Gasteiger partial charge is 0.504 e. The first-order valence-electron chi connectivity index (χ1n) is 11.8. The topological polar surface area (TPSA) is 126 Å². The van der Waals surface area contributed by atoms with Crippen LogP contribution < -0.4 is 20.1 Å². The van der Waals surface area contributed by atoms with Gasteiger partial charge in [0, 0.05) is 13.1 Å². The van der Waals surface area contributed by atoms with Crippen LogP contribution in [0.3, 0.4) is 0 Å². The number of anilines is 3. The van der Waals surface area contributed by atoms with Crippen LogP contribution in [0.15, 0.2) is 35.2 Å². The Kier molecular flexibility index (Phi) is 6.86. The normalized spacial score (nSPS) is 16.6. The Bertz CT molecular complexity index is 1420. The molecule has 0 saturated carbocycles. The van der Waals surface area contributed by atoms with Crippen LogP contribution in [0.25, 0.3) is 0 Å². The highest BCUT2D eigenvalue weighted by molar-refractivity contribution is 7.89. The molecule has 0 unspecified atom stereocenters. The fourth-order valence-corrected chi connectivity index (χ4v) is 7.06. The fourth-order valence-electron chi connectivity index (χ4n) is 4.47. The molecule has 0 aliphatic carbocycles. The van der Waals surface area contributed by atoms with Crippen LogP contribution in [0, 0.1) is 5.41 Å². The van der Waals surface area contributed by atoms with Crippen LogP contribution in [0.2, 0.25) is 5.02 Å². The van der Waals surface area contributed by atoms with E-state index in [4.69, 9.17) is 21.1 Å². The molecule has 1 fully saturated rings. The first-order chi connectivity index (χ1) is 17.6. The molecule has 13 heteroatoms. The van der Waals surface area contributed by atoms with E-state index in [-0.39, 0.29) is 33.9 Å². The Morgan fingerprint density at radius 3 is 2.51 bits per heavy atom. The van der Waals surface area contributed by atoms with E-state index in [1.165, 1.54) is 16.4 Å². The third-order valence-electron chi connectivity index (χ3n) is 6.36. The van der Waals surface area contributed by atoms with Crippen molar-refractivity contribution in [3.8, 4) is 17.2 Å². The van der Waals surface area contributed by atoms with Gasteiger partial charge in [-0.05, 0) is 48.1 Å². The van der Waals surface area contributed by atoms with Crippen molar-refractivity contribution in [1.29, 1.82) is 0 Å². The summed E-state index contributed by atoms with van der Waals surface area (Å²) in [4.78, 5) is -0.313. The SMILES string of the molecule is CC(C)(C)[C@@H](Nc1nsnc1Nc1ccc(Cl)c(S(=O)(=O)N2CCCC2)c1O)c1ccc2c(c1)OCO2. The van der Waals surface area contributed by atoms with E-state index in [1.54, 1.807) is 0 Å². The lowest BCUT2D eigenvalue weighted by atomic mass is 9.82. The predicted octanol–water partition coefficient (Wildman–Crippen LogP) is 5.35. The van der Waals surface area contributed by atoms with Gasteiger partial charge in [-0.1, -0.05) is 38.4 Å². The molecule has 3 aromatic rings. The number of phenolic OH excluding ortho intramolecular Hbond substituents is 1. The molecule has 2 aliphatic rings. The highest BCUT2D eigenvalue weighted by atomic mass is 35.5. The van der Waals surface area contributed by atoms with Gasteiger partial charge in [0.05, 0.1) is 28.5 Å². The number of aromatic hydroxyl groups is 1. The molecule has 1 atom stereocenters. The van der Waals surface area contributed by atoms with Crippen LogP contribution in [0.5, 0.6) is 17.2 Å². The number of aromatic nitrogens is 2. The van der Waals surface area contributed by atoms with Crippen molar-refractivity contribution in [2.75, 3.05) is 30.5 Å². The van der Waals surface area contributed by atoms with Gasteiger partial charge < -0.3 is 25.2 Å². The van der Waals surface area contributed by atoms with E-state index in [1.807, 2.05) is 18.2 Å². The third kappa shape index (κ3) is 5.02. The summed E-state index contributed by atoms with van der Waals surface area (Å²) in [7, 11) is -3.95. The summed E-state index contributed by atoms with van der Waals surface area (Å²) in [5.74, 6) is 1.73. The summed E-state index contributed by atoms with van der Waals surface area (Å²) in [6.07, 6.45) is 1.54. The molecule has 37 heavy (non-hydrogen) atoms. The van der Waals surface area contributed by atoms with Crippen molar-refractivity contribution in [3.63, 3.8) is 0 Å². The number of rotatable bonds is 7. The first kappa shape index (κ1) is 25.8. The molecule has 0 radical (unpaired) electrons. The van der Waals surface area contributed by atoms with Gasteiger partial charge in [-0.2, -0.15) is 13.1 Å². The molecular weight excluding hydrogens is 538 g/mol. The second-order valence-electron chi connectivity index (χ2n) is 10.0. The minimum Gasteiger partial charge on any atom is -0.504 e. The smallest absolute Gasteiger partial charge is 0.248 e. The maximum Gasteiger partial charge on any atom is 0.248 e. The van der Waals surface area contributed by atoms with Crippen LogP contribution >= 0.6 is 23.3 Å². The van der Waals surface area contributed by atoms with Crippen molar-refractivity contribution < 1.29 is 23.0 Å². The number of nitrogens with one attached hydrogen (secondary N) is 2. The molecule has 198 valence electrons. The number of phenols is 1. The van der Waals surface area contributed by atoms with Crippen molar-refractivity contribution in [2.45, 2.75) is 44.6 Å². The van der Waals surface area contributed by atoms with Crippen LogP contribution in [-0.2, 0) is 10.0 Å². The predicted molar refractivity (Wildman–Crippen MR) is 143 cm³/mol. The van der Waals surface area contributed by atoms with Gasteiger partial charge in [0.1, 0.15) is 4.90 Å². The van der Waals surface area contributed by atoms with Crippen LogP contribution in [-0.4, -0.2) is 46.5 Å². The number of hydrogen-bond donors (Lipinski definition) is 3. The van der Waals surface area contributed by atoms with Crippen molar-refractivity contribution in [1.82, 2.24) is 13.1 Å². The number of nitrogens with zero attached hydrogens (tertiary/aromatic N) is 3. The number of benzene rings is 2. The molecule has 2 aliphatic heterocycles. The van der Waals surface area contributed by atoms with Gasteiger partial charge in [-0.25, -0.2) is 8.42 Å². The summed E-state index contributed by atoms with van der Waals surface area (Å²) in [6, 6.07) is 8.58. The van der Waals surface area contributed by atoms with Crippen molar-refractivity contribution in [2.24, 2.45) is 5.41 Å². The molecule has 3 heterocycles.